The Hall–Kier alpha value is -2.19. The molecule has 144 valence electrons. The first-order valence-corrected chi connectivity index (χ1v) is 7.97. The van der Waals surface area contributed by atoms with E-state index in [0.29, 0.717) is 6.47 Å². The fraction of sp³-hybridized carbons (Fsp3) is 0.312. The van der Waals surface area contributed by atoms with Crippen LogP contribution in [0, 0.1) is 0 Å². The molecule has 2 amide bonds. The molecule has 0 spiro atoms. The van der Waals surface area contributed by atoms with Gasteiger partial charge in [0.25, 0.3) is 12.4 Å². The van der Waals surface area contributed by atoms with Crippen LogP contribution in [0.3, 0.4) is 0 Å². The van der Waals surface area contributed by atoms with E-state index < -0.39 is 17.7 Å². The van der Waals surface area contributed by atoms with Gasteiger partial charge < -0.3 is 15.8 Å². The molecule has 0 bridgehead atoms. The molecule has 26 heavy (non-hydrogen) atoms. The summed E-state index contributed by atoms with van der Waals surface area (Å²) in [4.78, 5) is 30.3. The number of halogens is 4. The minimum atomic E-state index is -4.30. The SMILES string of the molecule is C1=CCCC1.COC=O.NC(=O)C(F)(F)C(=O)Nc1cc(Cl)cc(Cl)c1. The van der Waals surface area contributed by atoms with Gasteiger partial charge in [0.15, 0.2) is 0 Å². The van der Waals surface area contributed by atoms with Gasteiger partial charge in [-0.25, -0.2) is 0 Å². The van der Waals surface area contributed by atoms with Gasteiger partial charge in [0.1, 0.15) is 0 Å². The largest absolute Gasteiger partial charge is 0.471 e. The molecule has 1 aliphatic rings. The number of alkyl halides is 2. The van der Waals surface area contributed by atoms with Gasteiger partial charge in [-0.15, -0.1) is 0 Å². The molecule has 0 aliphatic heterocycles. The number of allylic oxidation sites excluding steroid dienone is 2. The Morgan fingerprint density at radius 3 is 1.96 bits per heavy atom. The molecule has 0 radical (unpaired) electrons. The smallest absolute Gasteiger partial charge is 0.400 e. The number of carbonyl (C=O) groups excluding carboxylic acids is 3. The molecule has 0 unspecified atom stereocenters. The Kier molecular flexibility index (Phi) is 11.2. The molecule has 10 heteroatoms. The van der Waals surface area contributed by atoms with Crippen LogP contribution in [0.5, 0.6) is 0 Å². The fourth-order valence-electron chi connectivity index (χ4n) is 1.54. The van der Waals surface area contributed by atoms with E-state index in [1.165, 1.54) is 44.6 Å². The summed E-state index contributed by atoms with van der Waals surface area (Å²) in [6, 6.07) is 3.75. The molecule has 0 saturated carbocycles. The zero-order chi connectivity index (χ0) is 20.2. The number of amides is 2. The first-order chi connectivity index (χ1) is 12.1. The van der Waals surface area contributed by atoms with Gasteiger partial charge in [-0.1, -0.05) is 35.4 Å². The van der Waals surface area contributed by atoms with Gasteiger partial charge in [0, 0.05) is 15.7 Å². The van der Waals surface area contributed by atoms with Crippen molar-refractivity contribution >= 4 is 47.2 Å². The van der Waals surface area contributed by atoms with Gasteiger partial charge in [0.05, 0.1) is 7.11 Å². The summed E-state index contributed by atoms with van der Waals surface area (Å²) >= 11 is 11.2. The number of ether oxygens (including phenoxy) is 1. The van der Waals surface area contributed by atoms with Crippen molar-refractivity contribution in [2.24, 2.45) is 5.73 Å². The van der Waals surface area contributed by atoms with Gasteiger partial charge in [-0.2, -0.15) is 8.78 Å². The Morgan fingerprint density at radius 2 is 1.65 bits per heavy atom. The fourth-order valence-corrected chi connectivity index (χ4v) is 2.06. The monoisotopic (exact) mass is 410 g/mol. The van der Waals surface area contributed by atoms with Crippen molar-refractivity contribution in [1.82, 2.24) is 0 Å². The standard InChI is InChI=1S/C9H6Cl2F2N2O2.C5H8.C2H4O2/c10-4-1-5(11)3-6(2-4)15-8(17)9(12,13)7(14)16;1-2-4-5-3-1;1-4-2-3/h1-3H,(H2,14,16)(H,15,17);1-2H,3-5H2;2H,1H3. The maximum atomic E-state index is 12.9. The number of nitrogens with two attached hydrogens (primary N) is 1. The molecule has 0 atom stereocenters. The van der Waals surface area contributed by atoms with Crippen LogP contribution >= 0.6 is 23.2 Å². The quantitative estimate of drug-likeness (QED) is 0.450. The van der Waals surface area contributed by atoms with Crippen LogP contribution in [0.25, 0.3) is 0 Å². The summed E-state index contributed by atoms with van der Waals surface area (Å²) in [5.74, 6) is -8.18. The van der Waals surface area contributed by atoms with Crippen LogP contribution in [-0.4, -0.2) is 31.3 Å². The van der Waals surface area contributed by atoms with E-state index in [-0.39, 0.29) is 15.7 Å². The topological polar surface area (TPSA) is 98.5 Å². The normalized spacial score (nSPS) is 12.0. The number of rotatable bonds is 4. The minimum Gasteiger partial charge on any atom is -0.471 e. The molecule has 2 rings (SSSR count). The number of carbonyl (C=O) groups is 3. The molecule has 1 aliphatic carbocycles. The second-order valence-corrected chi connectivity index (χ2v) is 5.66. The lowest BCUT2D eigenvalue weighted by atomic mass is 10.2. The number of primary amides is 1. The van der Waals surface area contributed by atoms with Crippen LogP contribution in [0.2, 0.25) is 10.0 Å². The van der Waals surface area contributed by atoms with Crippen molar-refractivity contribution in [1.29, 1.82) is 0 Å². The van der Waals surface area contributed by atoms with Gasteiger partial charge >= 0.3 is 11.8 Å². The number of hydrogen-bond donors (Lipinski definition) is 2. The summed E-state index contributed by atoms with van der Waals surface area (Å²) < 4.78 is 29.6. The third-order valence-corrected chi connectivity index (χ3v) is 3.16. The van der Waals surface area contributed by atoms with E-state index in [2.05, 4.69) is 22.6 Å². The highest BCUT2D eigenvalue weighted by atomic mass is 35.5. The van der Waals surface area contributed by atoms with Crippen molar-refractivity contribution in [3.63, 3.8) is 0 Å². The average molecular weight is 411 g/mol. The third-order valence-electron chi connectivity index (χ3n) is 2.72. The molecule has 3 N–H and O–H groups in total. The first-order valence-electron chi connectivity index (χ1n) is 7.21. The highest BCUT2D eigenvalue weighted by molar-refractivity contribution is 6.35. The number of anilines is 1. The molecular weight excluding hydrogens is 393 g/mol. The summed E-state index contributed by atoms with van der Waals surface area (Å²) in [5, 5.41) is 2.08. The van der Waals surface area contributed by atoms with E-state index in [1.54, 1.807) is 5.32 Å². The Morgan fingerprint density at radius 1 is 1.19 bits per heavy atom. The maximum Gasteiger partial charge on any atom is 0.400 e. The lowest BCUT2D eigenvalue weighted by molar-refractivity contribution is -0.154. The van der Waals surface area contributed by atoms with E-state index >= 15 is 0 Å². The van der Waals surface area contributed by atoms with Crippen LogP contribution in [-0.2, 0) is 19.1 Å². The molecule has 0 aromatic heterocycles. The van der Waals surface area contributed by atoms with Crippen LogP contribution < -0.4 is 11.1 Å². The summed E-state index contributed by atoms with van der Waals surface area (Å²) in [7, 11) is 1.31. The second-order valence-electron chi connectivity index (χ2n) is 4.79. The van der Waals surface area contributed by atoms with E-state index in [4.69, 9.17) is 28.0 Å². The summed E-state index contributed by atoms with van der Waals surface area (Å²) in [6.45, 7) is 0.375. The number of methoxy groups -OCH3 is 1. The van der Waals surface area contributed by atoms with Crippen LogP contribution in [0.4, 0.5) is 14.5 Å². The van der Waals surface area contributed by atoms with Crippen molar-refractivity contribution in [3.8, 4) is 0 Å². The lowest BCUT2D eigenvalue weighted by Crippen LogP contribution is -2.46. The molecule has 0 heterocycles. The average Bonchev–Trinajstić information content (AvgIpc) is 3.13. The summed E-state index contributed by atoms with van der Waals surface area (Å²) in [5.41, 5.74) is 4.32. The highest BCUT2D eigenvalue weighted by Crippen LogP contribution is 2.24. The summed E-state index contributed by atoms with van der Waals surface area (Å²) in [6.07, 6.45) is 8.50. The molecule has 1 aromatic rings. The van der Waals surface area contributed by atoms with E-state index in [1.807, 2.05) is 0 Å². The Labute approximate surface area is 159 Å². The van der Waals surface area contributed by atoms with Crippen molar-refractivity contribution < 1.29 is 27.9 Å². The Balaban J connectivity index is 0.000000566. The van der Waals surface area contributed by atoms with E-state index in [0.717, 1.165) is 0 Å². The second kappa shape index (κ2) is 12.2. The zero-order valence-corrected chi connectivity index (χ0v) is 15.3. The predicted molar refractivity (Wildman–Crippen MR) is 95.3 cm³/mol. The van der Waals surface area contributed by atoms with Gasteiger partial charge in [-0.3, -0.25) is 14.4 Å². The van der Waals surface area contributed by atoms with Crippen molar-refractivity contribution in [3.05, 3.63) is 40.4 Å². The Bertz CT molecular complexity index is 629. The zero-order valence-electron chi connectivity index (χ0n) is 13.8. The van der Waals surface area contributed by atoms with Crippen molar-refractivity contribution in [2.75, 3.05) is 12.4 Å². The van der Waals surface area contributed by atoms with Crippen molar-refractivity contribution in [2.45, 2.75) is 25.2 Å². The predicted octanol–water partition coefficient (Wildman–Crippen LogP) is 3.57. The molecule has 6 nitrogen and oxygen atoms in total. The maximum absolute atomic E-state index is 12.9. The molecule has 1 aromatic carbocycles. The highest BCUT2D eigenvalue weighted by Gasteiger charge is 2.45. The van der Waals surface area contributed by atoms with E-state index in [9.17, 15) is 18.4 Å². The van der Waals surface area contributed by atoms with Gasteiger partial charge in [-0.05, 0) is 37.5 Å². The van der Waals surface area contributed by atoms with Crippen LogP contribution in [0.15, 0.2) is 30.4 Å². The minimum absolute atomic E-state index is 0.0616. The first kappa shape index (κ1) is 23.8. The molecule has 0 saturated heterocycles. The van der Waals surface area contributed by atoms with Crippen LogP contribution in [0.1, 0.15) is 19.3 Å². The third kappa shape index (κ3) is 9.33. The number of benzene rings is 1. The number of nitrogens with one attached hydrogen (secondary N) is 1. The molecular formula is C16H18Cl2F2N2O4. The lowest BCUT2D eigenvalue weighted by Gasteiger charge is -2.12. The molecule has 0 fully saturated rings. The van der Waals surface area contributed by atoms with Gasteiger partial charge in [0.2, 0.25) is 0 Å². The number of hydrogen-bond acceptors (Lipinski definition) is 4.